The highest BCUT2D eigenvalue weighted by Crippen LogP contribution is 2.32. The van der Waals surface area contributed by atoms with E-state index in [1.807, 2.05) is 18.3 Å². The van der Waals surface area contributed by atoms with Crippen LogP contribution in [0.2, 0.25) is 0 Å². The molecule has 0 aliphatic carbocycles. The number of nitrogens with one attached hydrogen (secondary N) is 2. The maximum absolute atomic E-state index is 12.8. The summed E-state index contributed by atoms with van der Waals surface area (Å²) >= 11 is 0. The Kier molecular flexibility index (Phi) is 6.43. The minimum atomic E-state index is -3.81. The van der Waals surface area contributed by atoms with Crippen LogP contribution in [-0.2, 0) is 23.1 Å². The fraction of sp³-hybridized carbons (Fsp3) is 0.192. The first-order chi connectivity index (χ1) is 17.0. The Morgan fingerprint density at radius 1 is 0.943 bits per heavy atom. The van der Waals surface area contributed by atoms with Gasteiger partial charge in [0.25, 0.3) is 5.91 Å². The van der Waals surface area contributed by atoms with Crippen LogP contribution in [0.4, 0.5) is 0 Å². The first-order valence-electron chi connectivity index (χ1n) is 11.3. The summed E-state index contributed by atoms with van der Waals surface area (Å²) in [4.78, 5) is 12.7. The third kappa shape index (κ3) is 5.16. The van der Waals surface area contributed by atoms with Gasteiger partial charge in [-0.2, -0.15) is 0 Å². The monoisotopic (exact) mass is 491 g/mol. The van der Waals surface area contributed by atoms with Crippen molar-refractivity contribution in [2.24, 2.45) is 0 Å². The van der Waals surface area contributed by atoms with Gasteiger partial charge in [-0.15, -0.1) is 0 Å². The summed E-state index contributed by atoms with van der Waals surface area (Å²) in [7, 11) is -3.81. The summed E-state index contributed by atoms with van der Waals surface area (Å²) in [6, 6.07) is 21.5. The highest BCUT2D eigenvalue weighted by Gasteiger charge is 2.18. The Morgan fingerprint density at radius 3 is 2.71 bits per heavy atom. The van der Waals surface area contributed by atoms with Crippen molar-refractivity contribution < 1.29 is 22.7 Å². The molecule has 1 aliphatic rings. The molecule has 0 bridgehead atoms. The van der Waals surface area contributed by atoms with Crippen molar-refractivity contribution in [1.29, 1.82) is 0 Å². The predicted molar refractivity (Wildman–Crippen MR) is 132 cm³/mol. The Hall–Kier alpha value is -3.82. The second kappa shape index (κ2) is 9.81. The fourth-order valence-electron chi connectivity index (χ4n) is 4.01. The molecule has 0 saturated heterocycles. The zero-order chi connectivity index (χ0) is 24.3. The zero-order valence-electron chi connectivity index (χ0n) is 18.9. The largest absolute Gasteiger partial charge is 0.454 e. The molecule has 1 aliphatic heterocycles. The van der Waals surface area contributed by atoms with Gasteiger partial charge < -0.3 is 19.4 Å². The van der Waals surface area contributed by atoms with Gasteiger partial charge in [-0.05, 0) is 59.8 Å². The molecule has 1 aromatic heterocycles. The number of carbonyl (C=O) groups is 1. The Morgan fingerprint density at radius 2 is 1.80 bits per heavy atom. The van der Waals surface area contributed by atoms with Gasteiger partial charge in [0, 0.05) is 36.9 Å². The molecule has 9 heteroatoms. The molecule has 2 N–H and O–H groups in total. The van der Waals surface area contributed by atoms with Crippen LogP contribution in [0.25, 0.3) is 10.9 Å². The molecule has 8 nitrogen and oxygen atoms in total. The molecular weight excluding hydrogens is 466 g/mol. The molecule has 0 unspecified atom stereocenters. The van der Waals surface area contributed by atoms with Gasteiger partial charge in [-0.1, -0.05) is 30.3 Å². The predicted octanol–water partition coefficient (Wildman–Crippen LogP) is 3.67. The minimum Gasteiger partial charge on any atom is -0.454 e. The van der Waals surface area contributed by atoms with Crippen LogP contribution in [0.15, 0.2) is 83.9 Å². The van der Waals surface area contributed by atoms with Gasteiger partial charge in [0.15, 0.2) is 11.5 Å². The van der Waals surface area contributed by atoms with Crippen LogP contribution in [0.3, 0.4) is 0 Å². The Balaban J connectivity index is 1.16. The molecule has 5 rings (SSSR count). The van der Waals surface area contributed by atoms with Gasteiger partial charge >= 0.3 is 0 Å². The number of rotatable bonds is 9. The van der Waals surface area contributed by atoms with Gasteiger partial charge in [0.05, 0.1) is 4.90 Å². The molecule has 0 spiro atoms. The van der Waals surface area contributed by atoms with E-state index in [9.17, 15) is 13.2 Å². The third-order valence-corrected chi connectivity index (χ3v) is 7.25. The molecule has 2 heterocycles. The van der Waals surface area contributed by atoms with E-state index >= 15 is 0 Å². The van der Waals surface area contributed by atoms with E-state index in [1.165, 1.54) is 17.5 Å². The van der Waals surface area contributed by atoms with Crippen LogP contribution in [-0.4, -0.2) is 32.2 Å². The number of sulfonamides is 1. The molecular formula is C26H25N3O5S. The lowest BCUT2D eigenvalue weighted by atomic mass is 10.2. The summed E-state index contributed by atoms with van der Waals surface area (Å²) < 4.78 is 41.0. The molecule has 0 atom stereocenters. The normalized spacial score (nSPS) is 12.7. The first kappa shape index (κ1) is 22.9. The van der Waals surface area contributed by atoms with Gasteiger partial charge in [-0.25, -0.2) is 13.1 Å². The second-order valence-corrected chi connectivity index (χ2v) is 9.98. The van der Waals surface area contributed by atoms with Crippen LogP contribution >= 0.6 is 0 Å². The van der Waals surface area contributed by atoms with Crippen LogP contribution in [0.1, 0.15) is 22.3 Å². The lowest BCUT2D eigenvalue weighted by Gasteiger charge is -2.10. The number of benzene rings is 3. The minimum absolute atomic E-state index is 0.0321. The smallest absolute Gasteiger partial charge is 0.251 e. The summed E-state index contributed by atoms with van der Waals surface area (Å²) in [5.74, 6) is 0.914. The molecule has 3 aromatic carbocycles. The number of aryl methyl sites for hydroxylation is 1. The molecule has 0 saturated carbocycles. The van der Waals surface area contributed by atoms with E-state index in [0.717, 1.165) is 24.0 Å². The summed E-state index contributed by atoms with van der Waals surface area (Å²) in [5.41, 5.74) is 2.19. The molecule has 1 amide bonds. The van der Waals surface area contributed by atoms with Gasteiger partial charge in [-0.3, -0.25) is 4.79 Å². The van der Waals surface area contributed by atoms with E-state index in [-0.39, 0.29) is 24.1 Å². The third-order valence-electron chi connectivity index (χ3n) is 5.85. The number of nitrogens with zero attached hydrogens (tertiary/aromatic N) is 1. The van der Waals surface area contributed by atoms with Crippen molar-refractivity contribution in [3.05, 3.63) is 90.1 Å². The van der Waals surface area contributed by atoms with Gasteiger partial charge in [0.1, 0.15) is 0 Å². The van der Waals surface area contributed by atoms with Crippen molar-refractivity contribution >= 4 is 26.8 Å². The highest BCUT2D eigenvalue weighted by atomic mass is 32.2. The lowest BCUT2D eigenvalue weighted by Crippen LogP contribution is -2.26. The van der Waals surface area contributed by atoms with Crippen molar-refractivity contribution in [1.82, 2.24) is 14.6 Å². The zero-order valence-corrected chi connectivity index (χ0v) is 19.8. The highest BCUT2D eigenvalue weighted by molar-refractivity contribution is 7.89. The van der Waals surface area contributed by atoms with Crippen molar-refractivity contribution in [2.75, 3.05) is 13.3 Å². The van der Waals surface area contributed by atoms with E-state index in [2.05, 4.69) is 32.8 Å². The van der Waals surface area contributed by atoms with E-state index in [1.54, 1.807) is 30.3 Å². The number of amides is 1. The topological polar surface area (TPSA) is 98.7 Å². The Labute approximate surface area is 203 Å². The quantitative estimate of drug-likeness (QED) is 0.348. The summed E-state index contributed by atoms with van der Waals surface area (Å²) in [6.07, 6.45) is 2.79. The van der Waals surface area contributed by atoms with Crippen molar-refractivity contribution in [3.63, 3.8) is 0 Å². The average molecular weight is 492 g/mol. The molecule has 4 aromatic rings. The van der Waals surface area contributed by atoms with Gasteiger partial charge in [0.2, 0.25) is 16.8 Å². The average Bonchev–Trinajstić information content (AvgIpc) is 3.52. The van der Waals surface area contributed by atoms with Crippen LogP contribution < -0.4 is 19.5 Å². The number of carbonyl (C=O) groups excluding carboxylic acids is 1. The number of hydrogen-bond donors (Lipinski definition) is 2. The van der Waals surface area contributed by atoms with Crippen LogP contribution in [0.5, 0.6) is 11.5 Å². The molecule has 180 valence electrons. The number of ether oxygens (including phenoxy) is 2. The SMILES string of the molecule is O=C(NCCCn1ccc2ccccc21)c1cccc(S(=O)(=O)NCc2ccc3c(c2)OCO3)c1. The van der Waals surface area contributed by atoms with Crippen LogP contribution in [0, 0.1) is 0 Å². The number of aromatic nitrogens is 1. The van der Waals surface area contributed by atoms with Crippen molar-refractivity contribution in [2.45, 2.75) is 24.4 Å². The Bertz CT molecular complexity index is 1480. The maximum atomic E-state index is 12.8. The summed E-state index contributed by atoms with van der Waals surface area (Å²) in [6.45, 7) is 1.49. The fourth-order valence-corrected chi connectivity index (χ4v) is 5.07. The first-order valence-corrected chi connectivity index (χ1v) is 12.8. The number of hydrogen-bond acceptors (Lipinski definition) is 5. The maximum Gasteiger partial charge on any atom is 0.251 e. The molecule has 35 heavy (non-hydrogen) atoms. The molecule has 0 fully saturated rings. The van der Waals surface area contributed by atoms with E-state index in [0.29, 0.717) is 23.6 Å². The van der Waals surface area contributed by atoms with E-state index in [4.69, 9.17) is 9.47 Å². The van der Waals surface area contributed by atoms with E-state index < -0.39 is 10.0 Å². The summed E-state index contributed by atoms with van der Waals surface area (Å²) in [5, 5.41) is 4.06. The lowest BCUT2D eigenvalue weighted by molar-refractivity contribution is 0.0952. The molecule has 0 radical (unpaired) electrons. The number of para-hydroxylation sites is 1. The standard InChI is InChI=1S/C26H25N3O5S/c30-26(27-12-4-13-29-14-11-20-5-1-2-8-23(20)29)21-6-3-7-22(16-21)35(31,32)28-17-19-9-10-24-25(15-19)34-18-33-24/h1-3,5-11,14-16,28H,4,12-13,17-18H2,(H,27,30). The second-order valence-electron chi connectivity index (χ2n) is 8.22. The van der Waals surface area contributed by atoms with Crippen molar-refractivity contribution in [3.8, 4) is 11.5 Å². The number of fused-ring (bicyclic) bond motifs is 2.